The van der Waals surface area contributed by atoms with Crippen molar-refractivity contribution in [1.29, 1.82) is 0 Å². The minimum atomic E-state index is -3.55. The number of aryl methyl sites for hydroxylation is 1. The zero-order valence-electron chi connectivity index (χ0n) is 10.1. The minimum absolute atomic E-state index is 0.177. The van der Waals surface area contributed by atoms with Gasteiger partial charge in [0, 0.05) is 21.6 Å². The van der Waals surface area contributed by atoms with Crippen molar-refractivity contribution in [3.8, 4) is 0 Å². The van der Waals surface area contributed by atoms with Crippen LogP contribution in [0.25, 0.3) is 0 Å². The highest BCUT2D eigenvalue weighted by Crippen LogP contribution is 2.23. The molecule has 1 aromatic heterocycles. The lowest BCUT2D eigenvalue weighted by atomic mass is 10.3. The fourth-order valence-electron chi connectivity index (χ4n) is 1.41. The van der Waals surface area contributed by atoms with E-state index < -0.39 is 10.0 Å². The number of nitrogens with two attached hydrogens (primary N) is 1. The second kappa shape index (κ2) is 5.58. The molecule has 102 valence electrons. The lowest BCUT2D eigenvalue weighted by molar-refractivity contribution is 0.581. The number of hydrogen-bond acceptors (Lipinski definition) is 5. The SMILES string of the molecule is Cc1ncsc1CNS(=O)(=O)c1ccc(N)c(Br)c1. The van der Waals surface area contributed by atoms with E-state index in [1.807, 2.05) is 6.92 Å². The Morgan fingerprint density at radius 1 is 1.47 bits per heavy atom. The molecule has 0 fully saturated rings. The number of thiazole rings is 1. The second-order valence-corrected chi connectivity index (χ2v) is 7.43. The number of benzene rings is 1. The van der Waals surface area contributed by atoms with E-state index in [1.165, 1.54) is 23.5 Å². The molecule has 0 saturated carbocycles. The molecule has 3 N–H and O–H groups in total. The first-order valence-corrected chi connectivity index (χ1v) is 8.49. The van der Waals surface area contributed by atoms with Crippen LogP contribution >= 0.6 is 27.3 Å². The van der Waals surface area contributed by atoms with Gasteiger partial charge in [0.15, 0.2) is 0 Å². The summed E-state index contributed by atoms with van der Waals surface area (Å²) in [4.78, 5) is 5.15. The Balaban J connectivity index is 2.18. The van der Waals surface area contributed by atoms with Gasteiger partial charge in [-0.2, -0.15) is 0 Å². The van der Waals surface area contributed by atoms with Crippen LogP contribution in [0.4, 0.5) is 5.69 Å². The number of nitrogen functional groups attached to an aromatic ring is 1. The Morgan fingerprint density at radius 2 is 2.21 bits per heavy atom. The van der Waals surface area contributed by atoms with Crippen LogP contribution in [0.15, 0.2) is 33.1 Å². The molecule has 1 aromatic carbocycles. The largest absolute Gasteiger partial charge is 0.398 e. The maximum atomic E-state index is 12.1. The molecule has 0 saturated heterocycles. The van der Waals surface area contributed by atoms with Crippen molar-refractivity contribution < 1.29 is 8.42 Å². The minimum Gasteiger partial charge on any atom is -0.398 e. The van der Waals surface area contributed by atoms with Gasteiger partial charge in [0.1, 0.15) is 0 Å². The Bertz CT molecular complexity index is 698. The van der Waals surface area contributed by atoms with E-state index in [2.05, 4.69) is 25.6 Å². The molecular weight excluding hydrogens is 350 g/mol. The highest BCUT2D eigenvalue weighted by Gasteiger charge is 2.15. The van der Waals surface area contributed by atoms with Gasteiger partial charge in [-0.1, -0.05) is 0 Å². The van der Waals surface area contributed by atoms with E-state index in [-0.39, 0.29) is 11.4 Å². The van der Waals surface area contributed by atoms with Crippen molar-refractivity contribution in [2.45, 2.75) is 18.4 Å². The summed E-state index contributed by atoms with van der Waals surface area (Å²) in [5.41, 5.74) is 8.66. The molecule has 0 radical (unpaired) electrons. The predicted molar refractivity (Wildman–Crippen MR) is 79.4 cm³/mol. The normalized spacial score (nSPS) is 11.7. The zero-order chi connectivity index (χ0) is 14.0. The summed E-state index contributed by atoms with van der Waals surface area (Å²) in [5.74, 6) is 0. The highest BCUT2D eigenvalue weighted by atomic mass is 79.9. The quantitative estimate of drug-likeness (QED) is 0.818. The van der Waals surface area contributed by atoms with Crippen LogP contribution in [-0.2, 0) is 16.6 Å². The summed E-state index contributed by atoms with van der Waals surface area (Å²) in [5, 5.41) is 0. The molecule has 0 aliphatic heterocycles. The lowest BCUT2D eigenvalue weighted by Crippen LogP contribution is -2.23. The molecule has 0 amide bonds. The van der Waals surface area contributed by atoms with E-state index in [0.29, 0.717) is 10.2 Å². The average Bonchev–Trinajstić information content (AvgIpc) is 2.76. The fraction of sp³-hybridized carbons (Fsp3) is 0.182. The summed E-state index contributed by atoms with van der Waals surface area (Å²) in [7, 11) is -3.55. The number of halogens is 1. The van der Waals surface area contributed by atoms with Gasteiger partial charge >= 0.3 is 0 Å². The molecule has 0 unspecified atom stereocenters. The summed E-state index contributed by atoms with van der Waals surface area (Å²) >= 11 is 4.64. The van der Waals surface area contributed by atoms with Gasteiger partial charge in [0.2, 0.25) is 10.0 Å². The van der Waals surface area contributed by atoms with Crippen molar-refractivity contribution in [2.24, 2.45) is 0 Å². The number of nitrogens with zero attached hydrogens (tertiary/aromatic N) is 1. The standard InChI is InChI=1S/C11H12BrN3O2S2/c1-7-11(18-6-14-7)5-15-19(16,17)8-2-3-10(13)9(12)4-8/h2-4,6,15H,5,13H2,1H3. The van der Waals surface area contributed by atoms with E-state index in [9.17, 15) is 8.42 Å². The molecule has 5 nitrogen and oxygen atoms in total. The lowest BCUT2D eigenvalue weighted by Gasteiger charge is -2.07. The first kappa shape index (κ1) is 14.4. The van der Waals surface area contributed by atoms with Gasteiger partial charge in [-0.25, -0.2) is 18.1 Å². The van der Waals surface area contributed by atoms with Crippen molar-refractivity contribution >= 4 is 43.0 Å². The van der Waals surface area contributed by atoms with Crippen molar-refractivity contribution in [3.05, 3.63) is 38.8 Å². The van der Waals surface area contributed by atoms with E-state index in [4.69, 9.17) is 5.73 Å². The number of nitrogens with one attached hydrogen (secondary N) is 1. The molecule has 0 atom stereocenters. The molecule has 0 spiro atoms. The monoisotopic (exact) mass is 361 g/mol. The number of aromatic nitrogens is 1. The van der Waals surface area contributed by atoms with Crippen LogP contribution in [0, 0.1) is 6.92 Å². The van der Waals surface area contributed by atoms with Crippen molar-refractivity contribution in [2.75, 3.05) is 5.73 Å². The van der Waals surface area contributed by atoms with Gasteiger partial charge in [-0.15, -0.1) is 11.3 Å². The van der Waals surface area contributed by atoms with Crippen LogP contribution in [0.1, 0.15) is 10.6 Å². The van der Waals surface area contributed by atoms with Crippen LogP contribution in [0.5, 0.6) is 0 Å². The summed E-state index contributed by atoms with van der Waals surface area (Å²) < 4.78 is 27.3. The topological polar surface area (TPSA) is 85.1 Å². The van der Waals surface area contributed by atoms with Gasteiger partial charge < -0.3 is 5.73 Å². The molecular formula is C11H12BrN3O2S2. The van der Waals surface area contributed by atoms with E-state index in [1.54, 1.807) is 11.6 Å². The average molecular weight is 362 g/mol. The zero-order valence-corrected chi connectivity index (χ0v) is 13.3. The van der Waals surface area contributed by atoms with Gasteiger partial charge in [-0.3, -0.25) is 0 Å². The first-order valence-electron chi connectivity index (χ1n) is 5.34. The summed E-state index contributed by atoms with van der Waals surface area (Å²) in [6, 6.07) is 4.51. The van der Waals surface area contributed by atoms with Gasteiger partial charge in [0.05, 0.1) is 16.1 Å². The van der Waals surface area contributed by atoms with Gasteiger partial charge in [-0.05, 0) is 41.1 Å². The predicted octanol–water partition coefficient (Wildman–Crippen LogP) is 2.27. The first-order chi connectivity index (χ1) is 8.90. The number of rotatable bonds is 4. The third kappa shape index (κ3) is 3.33. The third-order valence-electron chi connectivity index (χ3n) is 2.55. The summed E-state index contributed by atoms with van der Waals surface area (Å²) in [6.07, 6.45) is 0. The Morgan fingerprint density at radius 3 is 2.79 bits per heavy atom. The van der Waals surface area contributed by atoms with E-state index >= 15 is 0 Å². The molecule has 0 aliphatic rings. The van der Waals surface area contributed by atoms with Crippen LogP contribution in [0.2, 0.25) is 0 Å². The van der Waals surface area contributed by atoms with Gasteiger partial charge in [0.25, 0.3) is 0 Å². The molecule has 0 aliphatic carbocycles. The number of hydrogen-bond donors (Lipinski definition) is 2. The fourth-order valence-corrected chi connectivity index (χ4v) is 3.77. The van der Waals surface area contributed by atoms with Crippen LogP contribution < -0.4 is 10.5 Å². The Hall–Kier alpha value is -0.960. The smallest absolute Gasteiger partial charge is 0.240 e. The number of sulfonamides is 1. The third-order valence-corrected chi connectivity index (χ3v) is 5.57. The van der Waals surface area contributed by atoms with Crippen molar-refractivity contribution in [1.82, 2.24) is 9.71 Å². The Kier molecular flexibility index (Phi) is 4.24. The summed E-state index contributed by atoms with van der Waals surface area (Å²) in [6.45, 7) is 2.08. The maximum Gasteiger partial charge on any atom is 0.240 e. The molecule has 1 heterocycles. The van der Waals surface area contributed by atoms with Crippen LogP contribution in [0.3, 0.4) is 0 Å². The van der Waals surface area contributed by atoms with Crippen LogP contribution in [-0.4, -0.2) is 13.4 Å². The molecule has 0 bridgehead atoms. The molecule has 8 heteroatoms. The molecule has 2 aromatic rings. The van der Waals surface area contributed by atoms with Crippen molar-refractivity contribution in [3.63, 3.8) is 0 Å². The maximum absolute atomic E-state index is 12.1. The Labute approximate surface area is 124 Å². The molecule has 19 heavy (non-hydrogen) atoms. The second-order valence-electron chi connectivity index (χ2n) is 3.87. The van der Waals surface area contributed by atoms with E-state index in [0.717, 1.165) is 10.6 Å². The number of anilines is 1. The molecule has 2 rings (SSSR count). The highest BCUT2D eigenvalue weighted by molar-refractivity contribution is 9.10.